The summed E-state index contributed by atoms with van der Waals surface area (Å²) in [7, 11) is 0. The molecule has 0 bridgehead atoms. The molecule has 66 valence electrons. The molecule has 0 atom stereocenters. The van der Waals surface area contributed by atoms with Gasteiger partial charge in [0, 0.05) is 5.39 Å². The third kappa shape index (κ3) is 1.45. The first kappa shape index (κ1) is 8.66. The highest BCUT2D eigenvalue weighted by Crippen LogP contribution is 2.24. The Labute approximate surface area is 84.3 Å². The molecule has 4 heteroatoms. The monoisotopic (exact) mass is 211 g/mol. The van der Waals surface area contributed by atoms with Crippen LogP contribution >= 0.6 is 23.1 Å². The van der Waals surface area contributed by atoms with Crippen molar-refractivity contribution >= 4 is 38.5 Å². The normalized spacial score (nSPS) is 10.6. The summed E-state index contributed by atoms with van der Waals surface area (Å²) >= 11 is 6.68. The van der Waals surface area contributed by atoms with Gasteiger partial charge in [0.2, 0.25) is 0 Å². The molecule has 1 heterocycles. The first-order chi connectivity index (χ1) is 6.18. The smallest absolute Gasteiger partial charge is 0.272 e. The second-order valence-corrected chi connectivity index (χ2v) is 3.95. The van der Waals surface area contributed by atoms with E-state index in [1.807, 2.05) is 25.1 Å². The Morgan fingerprint density at radius 3 is 3.00 bits per heavy atom. The van der Waals surface area contributed by atoms with Crippen LogP contribution in [0.2, 0.25) is 0 Å². The quantitative estimate of drug-likeness (QED) is 0.679. The molecule has 1 aromatic heterocycles. The Kier molecular flexibility index (Phi) is 2.06. The van der Waals surface area contributed by atoms with E-state index in [1.54, 1.807) is 0 Å². The van der Waals surface area contributed by atoms with Gasteiger partial charge in [-0.15, -0.1) is 0 Å². The maximum absolute atomic E-state index is 10.9. The van der Waals surface area contributed by atoms with Crippen LogP contribution in [0.25, 0.3) is 10.1 Å². The number of hydrogen-bond donors (Lipinski definition) is 0. The van der Waals surface area contributed by atoms with E-state index in [-0.39, 0.29) is 0 Å². The number of fused-ring (bicyclic) bond motifs is 1. The predicted octanol–water partition coefficient (Wildman–Crippen LogP) is 2.98. The average molecular weight is 212 g/mol. The SMILES string of the molecule is Cc1ccc2snc(C(=O)Cl)c2c1. The fourth-order valence-corrected chi connectivity index (χ4v) is 2.14. The molecule has 0 aliphatic heterocycles. The van der Waals surface area contributed by atoms with Crippen LogP contribution in [0.5, 0.6) is 0 Å². The molecule has 0 amide bonds. The summed E-state index contributed by atoms with van der Waals surface area (Å²) in [6.45, 7) is 1.97. The Morgan fingerprint density at radius 1 is 1.54 bits per heavy atom. The van der Waals surface area contributed by atoms with Gasteiger partial charge in [-0.25, -0.2) is 0 Å². The fraction of sp³-hybridized carbons (Fsp3) is 0.111. The van der Waals surface area contributed by atoms with Crippen molar-refractivity contribution in [2.24, 2.45) is 0 Å². The molecule has 0 fully saturated rings. The highest BCUT2D eigenvalue weighted by atomic mass is 35.5. The van der Waals surface area contributed by atoms with Crippen molar-refractivity contribution < 1.29 is 4.79 Å². The number of benzene rings is 1. The molecular weight excluding hydrogens is 206 g/mol. The van der Waals surface area contributed by atoms with Gasteiger partial charge in [-0.2, -0.15) is 4.37 Å². The van der Waals surface area contributed by atoms with Gasteiger partial charge >= 0.3 is 0 Å². The predicted molar refractivity (Wildman–Crippen MR) is 54.5 cm³/mol. The molecule has 2 rings (SSSR count). The molecule has 0 N–H and O–H groups in total. The summed E-state index contributed by atoms with van der Waals surface area (Å²) in [6, 6.07) is 5.86. The highest BCUT2D eigenvalue weighted by molar-refractivity contribution is 7.13. The molecule has 0 saturated heterocycles. The number of carbonyl (C=O) groups excluding carboxylic acids is 1. The standard InChI is InChI=1S/C9H6ClNOS/c1-5-2-3-7-6(4-5)8(9(10)12)11-13-7/h2-4H,1H3. The van der Waals surface area contributed by atoms with E-state index in [0.717, 1.165) is 15.6 Å². The van der Waals surface area contributed by atoms with E-state index in [4.69, 9.17) is 11.6 Å². The van der Waals surface area contributed by atoms with Gasteiger partial charge < -0.3 is 0 Å². The van der Waals surface area contributed by atoms with Gasteiger partial charge in [0.15, 0.2) is 0 Å². The van der Waals surface area contributed by atoms with Gasteiger partial charge in [0.05, 0.1) is 4.70 Å². The van der Waals surface area contributed by atoms with E-state index in [1.165, 1.54) is 11.5 Å². The maximum Gasteiger partial charge on any atom is 0.272 e. The van der Waals surface area contributed by atoms with Crippen molar-refractivity contribution in [2.45, 2.75) is 6.92 Å². The van der Waals surface area contributed by atoms with Crippen molar-refractivity contribution in [3.05, 3.63) is 29.5 Å². The molecule has 0 aliphatic rings. The summed E-state index contributed by atoms with van der Waals surface area (Å²) in [5, 5.41) is 0.363. The molecular formula is C9H6ClNOS. The molecule has 0 unspecified atom stereocenters. The number of halogens is 1. The number of aromatic nitrogens is 1. The Morgan fingerprint density at radius 2 is 2.31 bits per heavy atom. The van der Waals surface area contributed by atoms with E-state index in [9.17, 15) is 4.79 Å². The lowest BCUT2D eigenvalue weighted by molar-refractivity contribution is 0.107. The van der Waals surface area contributed by atoms with Gasteiger partial charge in [0.25, 0.3) is 5.24 Å². The molecule has 0 spiro atoms. The molecule has 0 aliphatic carbocycles. The minimum atomic E-state index is -0.489. The molecule has 0 radical (unpaired) electrons. The summed E-state index contributed by atoms with van der Waals surface area (Å²) in [6.07, 6.45) is 0. The van der Waals surface area contributed by atoms with E-state index >= 15 is 0 Å². The van der Waals surface area contributed by atoms with Gasteiger partial charge in [-0.1, -0.05) is 11.6 Å². The Balaban J connectivity index is 2.79. The van der Waals surface area contributed by atoms with E-state index in [0.29, 0.717) is 5.69 Å². The zero-order valence-electron chi connectivity index (χ0n) is 6.87. The van der Waals surface area contributed by atoms with E-state index in [2.05, 4.69) is 4.37 Å². The van der Waals surface area contributed by atoms with Crippen molar-refractivity contribution in [2.75, 3.05) is 0 Å². The van der Waals surface area contributed by atoms with Crippen LogP contribution in [0.4, 0.5) is 0 Å². The van der Waals surface area contributed by atoms with Gasteiger partial charge in [-0.3, -0.25) is 4.79 Å². The van der Waals surface area contributed by atoms with Crippen LogP contribution in [0.1, 0.15) is 16.1 Å². The first-order valence-electron chi connectivity index (χ1n) is 3.74. The minimum Gasteiger partial charge on any atom is -0.274 e. The van der Waals surface area contributed by atoms with E-state index < -0.39 is 5.24 Å². The lowest BCUT2D eigenvalue weighted by atomic mass is 10.1. The number of rotatable bonds is 1. The number of hydrogen-bond acceptors (Lipinski definition) is 3. The van der Waals surface area contributed by atoms with Crippen molar-refractivity contribution in [3.8, 4) is 0 Å². The van der Waals surface area contributed by atoms with Crippen LogP contribution < -0.4 is 0 Å². The zero-order chi connectivity index (χ0) is 9.42. The maximum atomic E-state index is 10.9. The third-order valence-corrected chi connectivity index (χ3v) is 2.82. The van der Waals surface area contributed by atoms with Crippen LogP contribution in [0, 0.1) is 6.92 Å². The van der Waals surface area contributed by atoms with Crippen LogP contribution in [0.15, 0.2) is 18.2 Å². The topological polar surface area (TPSA) is 30.0 Å². The van der Waals surface area contributed by atoms with Crippen molar-refractivity contribution in [3.63, 3.8) is 0 Å². The van der Waals surface area contributed by atoms with Gasteiger partial charge in [0.1, 0.15) is 5.69 Å². The van der Waals surface area contributed by atoms with Crippen LogP contribution in [0.3, 0.4) is 0 Å². The molecule has 1 aromatic carbocycles. The van der Waals surface area contributed by atoms with Crippen LogP contribution in [-0.2, 0) is 0 Å². The Bertz CT molecular complexity index is 477. The summed E-state index contributed by atoms with van der Waals surface area (Å²) < 4.78 is 4.99. The summed E-state index contributed by atoms with van der Waals surface area (Å²) in [5.74, 6) is 0. The fourth-order valence-electron chi connectivity index (χ4n) is 1.19. The number of aryl methyl sites for hydroxylation is 1. The Hall–Kier alpha value is -0.930. The molecule has 2 nitrogen and oxygen atoms in total. The largest absolute Gasteiger partial charge is 0.274 e. The average Bonchev–Trinajstić information content (AvgIpc) is 2.46. The second-order valence-electron chi connectivity index (χ2n) is 2.80. The number of carbonyl (C=O) groups is 1. The summed E-state index contributed by atoms with van der Waals surface area (Å²) in [5.41, 5.74) is 1.47. The second kappa shape index (κ2) is 3.09. The van der Waals surface area contributed by atoms with Crippen LogP contribution in [-0.4, -0.2) is 9.62 Å². The van der Waals surface area contributed by atoms with Crippen molar-refractivity contribution in [1.29, 1.82) is 0 Å². The molecule has 13 heavy (non-hydrogen) atoms. The molecule has 0 saturated carbocycles. The summed E-state index contributed by atoms with van der Waals surface area (Å²) in [4.78, 5) is 10.9. The zero-order valence-corrected chi connectivity index (χ0v) is 8.45. The minimum absolute atomic E-state index is 0.366. The lowest BCUT2D eigenvalue weighted by Crippen LogP contribution is -1.88. The highest BCUT2D eigenvalue weighted by Gasteiger charge is 2.11. The molecule has 2 aromatic rings. The lowest BCUT2D eigenvalue weighted by Gasteiger charge is -1.92. The first-order valence-corrected chi connectivity index (χ1v) is 4.89. The third-order valence-electron chi connectivity index (χ3n) is 1.81. The van der Waals surface area contributed by atoms with Crippen molar-refractivity contribution in [1.82, 2.24) is 4.37 Å². The number of nitrogens with zero attached hydrogens (tertiary/aromatic N) is 1. The van der Waals surface area contributed by atoms with Gasteiger partial charge in [-0.05, 0) is 42.2 Å².